The van der Waals surface area contributed by atoms with Gasteiger partial charge in [0.05, 0.1) is 18.5 Å². The molecule has 22 heavy (non-hydrogen) atoms. The predicted molar refractivity (Wildman–Crippen MR) is 84.2 cm³/mol. The minimum absolute atomic E-state index is 0.0287. The van der Waals surface area contributed by atoms with Crippen molar-refractivity contribution in [2.45, 2.75) is 13.3 Å². The van der Waals surface area contributed by atoms with Crippen LogP contribution in [0.25, 0.3) is 0 Å². The van der Waals surface area contributed by atoms with Gasteiger partial charge in [-0.1, -0.05) is 29.8 Å². The molecule has 2 amide bonds. The van der Waals surface area contributed by atoms with Crippen LogP contribution in [-0.4, -0.2) is 23.4 Å². The van der Waals surface area contributed by atoms with Crippen molar-refractivity contribution in [1.82, 2.24) is 4.90 Å². The molecule has 1 N–H and O–H groups in total. The van der Waals surface area contributed by atoms with Gasteiger partial charge in [-0.3, -0.25) is 14.5 Å². The number of fused-ring (bicyclic) bond motifs is 5. The molecular formula is C17H17ClN2O2. The smallest absolute Gasteiger partial charge is 0.235 e. The van der Waals surface area contributed by atoms with E-state index in [-0.39, 0.29) is 42.2 Å². The van der Waals surface area contributed by atoms with E-state index < -0.39 is 0 Å². The normalized spacial score (nSPS) is 32.0. The van der Waals surface area contributed by atoms with Crippen molar-refractivity contribution in [2.24, 2.45) is 23.7 Å². The van der Waals surface area contributed by atoms with E-state index in [0.29, 0.717) is 5.02 Å². The lowest BCUT2D eigenvalue weighted by atomic mass is 9.85. The second-order valence-corrected chi connectivity index (χ2v) is 6.76. The Bertz CT molecular complexity index is 670. The van der Waals surface area contributed by atoms with Crippen molar-refractivity contribution in [3.8, 4) is 0 Å². The summed E-state index contributed by atoms with van der Waals surface area (Å²) in [5, 5.41) is 3.84. The molecule has 1 aromatic carbocycles. The van der Waals surface area contributed by atoms with Crippen molar-refractivity contribution in [1.29, 1.82) is 0 Å². The van der Waals surface area contributed by atoms with Gasteiger partial charge in [0, 0.05) is 10.7 Å². The van der Waals surface area contributed by atoms with E-state index in [1.807, 2.05) is 25.1 Å². The van der Waals surface area contributed by atoms with Crippen LogP contribution in [0.3, 0.4) is 0 Å². The molecule has 1 aromatic rings. The number of benzene rings is 1. The van der Waals surface area contributed by atoms with Crippen molar-refractivity contribution in [2.75, 3.05) is 12.0 Å². The summed E-state index contributed by atoms with van der Waals surface area (Å²) in [6.45, 7) is 2.13. The number of anilines is 1. The van der Waals surface area contributed by atoms with Crippen LogP contribution in [0, 0.1) is 30.6 Å². The number of nitrogens with one attached hydrogen (secondary N) is 1. The van der Waals surface area contributed by atoms with Crippen molar-refractivity contribution >= 4 is 29.1 Å². The van der Waals surface area contributed by atoms with Crippen LogP contribution < -0.4 is 5.32 Å². The summed E-state index contributed by atoms with van der Waals surface area (Å²) in [6, 6.07) is 5.57. The Labute approximate surface area is 134 Å². The minimum atomic E-state index is -0.134. The summed E-state index contributed by atoms with van der Waals surface area (Å²) in [5.41, 5.74) is 1.77. The molecule has 4 rings (SSSR count). The lowest BCUT2D eigenvalue weighted by Gasteiger charge is -2.19. The van der Waals surface area contributed by atoms with Gasteiger partial charge in [0.1, 0.15) is 0 Å². The van der Waals surface area contributed by atoms with Crippen LogP contribution in [-0.2, 0) is 9.59 Å². The third-order valence-electron chi connectivity index (χ3n) is 5.26. The van der Waals surface area contributed by atoms with E-state index in [9.17, 15) is 9.59 Å². The van der Waals surface area contributed by atoms with Crippen LogP contribution in [0.15, 0.2) is 30.4 Å². The summed E-state index contributed by atoms with van der Waals surface area (Å²) in [5.74, 6) is 0.182. The lowest BCUT2D eigenvalue weighted by molar-refractivity contribution is -0.140. The molecule has 4 atom stereocenters. The van der Waals surface area contributed by atoms with Gasteiger partial charge in [-0.2, -0.15) is 0 Å². The number of imide groups is 1. The van der Waals surface area contributed by atoms with E-state index in [2.05, 4.69) is 17.5 Å². The van der Waals surface area contributed by atoms with Crippen molar-refractivity contribution in [3.63, 3.8) is 0 Å². The first-order valence-electron chi connectivity index (χ1n) is 7.60. The fourth-order valence-electron chi connectivity index (χ4n) is 4.08. The number of allylic oxidation sites excluding steroid dienone is 2. The highest BCUT2D eigenvalue weighted by molar-refractivity contribution is 6.31. The average molecular weight is 317 g/mol. The zero-order valence-electron chi connectivity index (χ0n) is 12.3. The number of amides is 2. The molecule has 2 fully saturated rings. The summed E-state index contributed by atoms with van der Waals surface area (Å²) in [4.78, 5) is 26.5. The number of hydrogen-bond donors (Lipinski definition) is 1. The van der Waals surface area contributed by atoms with Crippen molar-refractivity contribution < 1.29 is 9.59 Å². The predicted octanol–water partition coefficient (Wildman–Crippen LogP) is 2.82. The Hall–Kier alpha value is -1.81. The fourth-order valence-corrected chi connectivity index (χ4v) is 4.26. The molecule has 5 heteroatoms. The average Bonchev–Trinajstić information content (AvgIpc) is 3.17. The number of nitrogens with zero attached hydrogens (tertiary/aromatic N) is 1. The first kappa shape index (κ1) is 13.8. The third kappa shape index (κ3) is 1.83. The molecule has 1 aliphatic heterocycles. The number of halogens is 1. The van der Waals surface area contributed by atoms with Gasteiger partial charge in [0.2, 0.25) is 11.8 Å². The van der Waals surface area contributed by atoms with Gasteiger partial charge < -0.3 is 5.32 Å². The molecule has 3 aliphatic rings. The summed E-state index contributed by atoms with van der Waals surface area (Å²) in [7, 11) is 0. The summed E-state index contributed by atoms with van der Waals surface area (Å²) in [6.07, 6.45) is 5.17. The van der Waals surface area contributed by atoms with Crippen molar-refractivity contribution in [3.05, 3.63) is 40.9 Å². The zero-order chi connectivity index (χ0) is 15.4. The molecule has 0 radical (unpaired) electrons. The van der Waals surface area contributed by atoms with E-state index in [1.54, 1.807) is 0 Å². The molecule has 2 aliphatic carbocycles. The van der Waals surface area contributed by atoms with E-state index in [4.69, 9.17) is 11.6 Å². The standard InChI is InChI=1S/C17H17ClN2O2/c1-9-12(18)3-2-4-13(9)19-8-20-16(21)14-10-5-6-11(7-10)15(14)17(20)22/h2-6,10-11,14-15,19H,7-8H2,1H3/t10-,11-,14-,15+/m1/s1. The SMILES string of the molecule is Cc1c(Cl)cccc1NCN1C(=O)[C@@H]2[C@H](C1=O)[C@@H]1C=C[C@@H]2C1. The zero-order valence-corrected chi connectivity index (χ0v) is 13.0. The van der Waals surface area contributed by atoms with Gasteiger partial charge in [-0.15, -0.1) is 0 Å². The van der Waals surface area contributed by atoms with E-state index in [1.165, 1.54) is 4.90 Å². The molecule has 0 unspecified atom stereocenters. The summed E-state index contributed by atoms with van der Waals surface area (Å²) >= 11 is 6.10. The topological polar surface area (TPSA) is 49.4 Å². The van der Waals surface area contributed by atoms with Gasteiger partial charge in [-0.05, 0) is 42.9 Å². The molecule has 114 valence electrons. The second kappa shape index (κ2) is 4.85. The molecule has 0 aromatic heterocycles. The van der Waals surface area contributed by atoms with Crippen LogP contribution in [0.4, 0.5) is 5.69 Å². The largest absolute Gasteiger partial charge is 0.367 e. The van der Waals surface area contributed by atoms with Gasteiger partial charge in [-0.25, -0.2) is 0 Å². The van der Waals surface area contributed by atoms with Crippen LogP contribution in [0.5, 0.6) is 0 Å². The van der Waals surface area contributed by atoms with E-state index in [0.717, 1.165) is 17.7 Å². The Kier molecular flexibility index (Phi) is 3.05. The van der Waals surface area contributed by atoms with Gasteiger partial charge in [0.15, 0.2) is 0 Å². The molecule has 1 saturated carbocycles. The van der Waals surface area contributed by atoms with Crippen LogP contribution in [0.2, 0.25) is 5.02 Å². The second-order valence-electron chi connectivity index (χ2n) is 6.35. The monoisotopic (exact) mass is 316 g/mol. The highest BCUT2D eigenvalue weighted by Gasteiger charge is 2.59. The molecule has 0 spiro atoms. The Balaban J connectivity index is 1.52. The van der Waals surface area contributed by atoms with E-state index >= 15 is 0 Å². The number of carbonyl (C=O) groups is 2. The fraction of sp³-hybridized carbons (Fsp3) is 0.412. The Morgan fingerprint density at radius 2 is 1.82 bits per heavy atom. The van der Waals surface area contributed by atoms with Crippen LogP contribution in [0.1, 0.15) is 12.0 Å². The van der Waals surface area contributed by atoms with Crippen LogP contribution >= 0.6 is 11.6 Å². The maximum atomic E-state index is 12.6. The molecule has 4 nitrogen and oxygen atoms in total. The quantitative estimate of drug-likeness (QED) is 0.689. The first-order chi connectivity index (χ1) is 10.6. The molecule has 2 bridgehead atoms. The number of rotatable bonds is 3. The lowest BCUT2D eigenvalue weighted by Crippen LogP contribution is -2.37. The first-order valence-corrected chi connectivity index (χ1v) is 7.98. The Morgan fingerprint density at radius 3 is 2.45 bits per heavy atom. The maximum absolute atomic E-state index is 12.6. The molecule has 1 saturated heterocycles. The summed E-state index contributed by atoms with van der Waals surface area (Å²) < 4.78 is 0. The number of hydrogen-bond acceptors (Lipinski definition) is 3. The molecule has 1 heterocycles. The highest BCUT2D eigenvalue weighted by Crippen LogP contribution is 2.52. The van der Waals surface area contributed by atoms with Gasteiger partial charge >= 0.3 is 0 Å². The number of likely N-dealkylation sites (tertiary alicyclic amines) is 1. The maximum Gasteiger partial charge on any atom is 0.235 e. The Morgan fingerprint density at radius 1 is 1.18 bits per heavy atom. The highest BCUT2D eigenvalue weighted by atomic mass is 35.5. The number of carbonyl (C=O) groups excluding carboxylic acids is 2. The third-order valence-corrected chi connectivity index (χ3v) is 5.67. The molecular weight excluding hydrogens is 300 g/mol. The van der Waals surface area contributed by atoms with Gasteiger partial charge in [0.25, 0.3) is 0 Å². The minimum Gasteiger partial charge on any atom is -0.367 e.